The number of piperidine rings is 1. The van der Waals surface area contributed by atoms with Gasteiger partial charge in [-0.3, -0.25) is 4.79 Å². The largest absolute Gasteiger partial charge is 0.349 e. The first-order valence-corrected chi connectivity index (χ1v) is 9.45. The Hall–Kier alpha value is -1.18. The van der Waals surface area contributed by atoms with E-state index in [-0.39, 0.29) is 11.9 Å². The molecule has 0 spiro atoms. The fourth-order valence-corrected chi connectivity index (χ4v) is 5.02. The molecule has 0 unspecified atom stereocenters. The molecule has 0 aromatic carbocycles. The summed E-state index contributed by atoms with van der Waals surface area (Å²) in [5.74, 6) is 0.131. The van der Waals surface area contributed by atoms with Gasteiger partial charge in [0.2, 0.25) is 0 Å². The lowest BCUT2D eigenvalue weighted by Gasteiger charge is -2.29. The van der Waals surface area contributed by atoms with Gasteiger partial charge in [-0.15, -0.1) is 11.3 Å². The van der Waals surface area contributed by atoms with Crippen LogP contribution in [0.4, 0.5) is 5.13 Å². The molecule has 1 amide bonds. The summed E-state index contributed by atoms with van der Waals surface area (Å²) in [4.78, 5) is 23.2. The van der Waals surface area contributed by atoms with E-state index in [1.54, 1.807) is 11.3 Å². The van der Waals surface area contributed by atoms with Crippen LogP contribution in [0.2, 0.25) is 0 Å². The number of hydrogen-bond acceptors (Lipinski definition) is 6. The summed E-state index contributed by atoms with van der Waals surface area (Å²) in [6.07, 6.45) is 1.80. The minimum absolute atomic E-state index is 0.131. The molecule has 0 radical (unpaired) electrons. The topological polar surface area (TPSA) is 62.5 Å². The maximum absolute atomic E-state index is 12.6. The second-order valence-corrected chi connectivity index (χ2v) is 7.62. The molecule has 1 aliphatic heterocycles. The number of thiazole rings is 1. The molecule has 5 nitrogen and oxygen atoms in total. The van der Waals surface area contributed by atoms with Crippen LogP contribution in [-0.4, -0.2) is 48.0 Å². The van der Waals surface area contributed by atoms with Crippen LogP contribution >= 0.6 is 22.7 Å². The van der Waals surface area contributed by atoms with Crippen LogP contribution < -0.4 is 10.6 Å². The average Bonchev–Trinajstić information content (AvgIpc) is 3.07. The third-order valence-corrected chi connectivity index (χ3v) is 6.36. The van der Waals surface area contributed by atoms with Crippen molar-refractivity contribution in [2.75, 3.05) is 31.1 Å². The summed E-state index contributed by atoms with van der Waals surface area (Å²) in [7, 11) is 0. The van der Waals surface area contributed by atoms with Gasteiger partial charge in [-0.25, -0.2) is 4.98 Å². The van der Waals surface area contributed by atoms with Crippen LogP contribution in [0.3, 0.4) is 0 Å². The van der Waals surface area contributed by atoms with Gasteiger partial charge in [-0.2, -0.15) is 0 Å². The molecule has 1 saturated heterocycles. The van der Waals surface area contributed by atoms with Crippen LogP contribution in [0, 0.1) is 0 Å². The highest BCUT2D eigenvalue weighted by atomic mass is 32.1. The van der Waals surface area contributed by atoms with Gasteiger partial charge < -0.3 is 15.5 Å². The predicted molar refractivity (Wildman–Crippen MR) is 94.2 cm³/mol. The monoisotopic (exact) mass is 338 g/mol. The smallest absolute Gasteiger partial charge is 0.264 e. The fourth-order valence-electron chi connectivity index (χ4n) is 2.72. The zero-order valence-corrected chi connectivity index (χ0v) is 14.7. The van der Waals surface area contributed by atoms with Crippen LogP contribution in [0.5, 0.6) is 0 Å². The number of likely N-dealkylation sites (tertiary alicyclic amines) is 1. The maximum atomic E-state index is 12.6. The molecule has 0 saturated carbocycles. The van der Waals surface area contributed by atoms with Gasteiger partial charge in [0.15, 0.2) is 5.13 Å². The molecule has 0 aliphatic carbocycles. The quantitative estimate of drug-likeness (QED) is 0.931. The van der Waals surface area contributed by atoms with Crippen LogP contribution in [-0.2, 0) is 0 Å². The molecular formula is C15H22N4OS2. The Morgan fingerprint density at radius 2 is 2.05 bits per heavy atom. The van der Waals surface area contributed by atoms with Crippen molar-refractivity contribution in [3.05, 3.63) is 10.9 Å². The average molecular weight is 339 g/mol. The minimum Gasteiger partial charge on any atom is -0.349 e. The number of fused-ring (bicyclic) bond motifs is 1. The molecular weight excluding hydrogens is 316 g/mol. The number of amides is 1. The van der Waals surface area contributed by atoms with Crippen molar-refractivity contribution in [2.45, 2.75) is 32.7 Å². The number of anilines is 1. The first-order chi connectivity index (χ1) is 10.6. The van der Waals surface area contributed by atoms with E-state index in [2.05, 4.69) is 23.7 Å². The number of nitrogens with two attached hydrogens (primary N) is 1. The second-order valence-electron chi connectivity index (χ2n) is 5.58. The van der Waals surface area contributed by atoms with E-state index in [1.807, 2.05) is 11.0 Å². The summed E-state index contributed by atoms with van der Waals surface area (Å²) < 4.78 is 1.11. The molecule has 120 valence electrons. The normalized spacial score (nSPS) is 16.4. The predicted octanol–water partition coefficient (Wildman–Crippen LogP) is 2.77. The van der Waals surface area contributed by atoms with Gasteiger partial charge in [0.25, 0.3) is 5.91 Å². The van der Waals surface area contributed by atoms with Crippen LogP contribution in [0.25, 0.3) is 9.53 Å². The summed E-state index contributed by atoms with van der Waals surface area (Å²) >= 11 is 3.18. The second kappa shape index (κ2) is 6.52. The molecule has 3 heterocycles. The SMILES string of the molecule is CCN(CC)c1nc2sc(C(=O)N3CCC(N)CC3)cc2s1. The summed E-state index contributed by atoms with van der Waals surface area (Å²) in [5.41, 5.74) is 5.90. The van der Waals surface area contributed by atoms with Crippen molar-refractivity contribution in [3.8, 4) is 0 Å². The summed E-state index contributed by atoms with van der Waals surface area (Å²) in [6, 6.07) is 2.25. The van der Waals surface area contributed by atoms with E-state index in [0.29, 0.717) is 0 Å². The number of carbonyl (C=O) groups is 1. The number of aromatic nitrogens is 1. The van der Waals surface area contributed by atoms with E-state index in [0.717, 1.165) is 58.6 Å². The van der Waals surface area contributed by atoms with E-state index in [9.17, 15) is 4.79 Å². The van der Waals surface area contributed by atoms with Gasteiger partial charge >= 0.3 is 0 Å². The molecule has 2 aromatic heterocycles. The molecule has 0 bridgehead atoms. The number of carbonyl (C=O) groups excluding carboxylic acids is 1. The number of rotatable bonds is 4. The van der Waals surface area contributed by atoms with Crippen molar-refractivity contribution < 1.29 is 4.79 Å². The van der Waals surface area contributed by atoms with Crippen LogP contribution in [0.1, 0.15) is 36.4 Å². The molecule has 1 aliphatic rings. The van der Waals surface area contributed by atoms with Crippen molar-refractivity contribution >= 4 is 43.2 Å². The summed E-state index contributed by atoms with van der Waals surface area (Å²) in [6.45, 7) is 7.71. The lowest BCUT2D eigenvalue weighted by molar-refractivity contribution is 0.0720. The van der Waals surface area contributed by atoms with Crippen molar-refractivity contribution in [2.24, 2.45) is 5.73 Å². The number of hydrogen-bond donors (Lipinski definition) is 1. The molecule has 2 aromatic rings. The lowest BCUT2D eigenvalue weighted by atomic mass is 10.1. The summed E-state index contributed by atoms with van der Waals surface area (Å²) in [5, 5.41) is 1.05. The Kier molecular flexibility index (Phi) is 4.65. The molecule has 3 rings (SSSR count). The maximum Gasteiger partial charge on any atom is 0.264 e. The third kappa shape index (κ3) is 2.98. The number of thiophene rings is 1. The zero-order valence-electron chi connectivity index (χ0n) is 13.0. The minimum atomic E-state index is 0.131. The van der Waals surface area contributed by atoms with E-state index in [4.69, 9.17) is 5.73 Å². The Balaban J connectivity index is 1.78. The van der Waals surface area contributed by atoms with Gasteiger partial charge in [0, 0.05) is 32.2 Å². The van der Waals surface area contributed by atoms with E-state index < -0.39 is 0 Å². The highest BCUT2D eigenvalue weighted by Gasteiger charge is 2.24. The zero-order chi connectivity index (χ0) is 15.7. The fraction of sp³-hybridized carbons (Fsp3) is 0.600. The Morgan fingerprint density at radius 3 is 2.64 bits per heavy atom. The molecule has 7 heteroatoms. The standard InChI is InChI=1S/C15H22N4OS2/c1-3-18(4-2)15-17-13-11(22-15)9-12(21-13)14(20)19-7-5-10(16)6-8-19/h9-10H,3-8,16H2,1-2H3. The van der Waals surface area contributed by atoms with E-state index in [1.165, 1.54) is 11.3 Å². The van der Waals surface area contributed by atoms with Crippen molar-refractivity contribution in [1.29, 1.82) is 0 Å². The van der Waals surface area contributed by atoms with Crippen molar-refractivity contribution in [3.63, 3.8) is 0 Å². The Bertz CT molecular complexity index is 622. The van der Waals surface area contributed by atoms with Gasteiger partial charge in [-0.05, 0) is 32.8 Å². The van der Waals surface area contributed by atoms with Crippen molar-refractivity contribution in [1.82, 2.24) is 9.88 Å². The van der Waals surface area contributed by atoms with Crippen LogP contribution in [0.15, 0.2) is 6.07 Å². The molecule has 1 fully saturated rings. The third-order valence-electron chi connectivity index (χ3n) is 4.15. The highest BCUT2D eigenvalue weighted by Crippen LogP contribution is 2.35. The Morgan fingerprint density at radius 1 is 1.36 bits per heavy atom. The van der Waals surface area contributed by atoms with Gasteiger partial charge in [0.1, 0.15) is 4.83 Å². The van der Waals surface area contributed by atoms with Gasteiger partial charge in [-0.1, -0.05) is 11.3 Å². The molecule has 0 atom stereocenters. The van der Waals surface area contributed by atoms with Gasteiger partial charge in [0.05, 0.1) is 9.58 Å². The molecule has 22 heavy (non-hydrogen) atoms. The lowest BCUT2D eigenvalue weighted by Crippen LogP contribution is -2.42. The van der Waals surface area contributed by atoms with E-state index >= 15 is 0 Å². The number of nitrogens with zero attached hydrogens (tertiary/aromatic N) is 3. The first-order valence-electron chi connectivity index (χ1n) is 7.82. The first kappa shape index (κ1) is 15.7. The molecule has 2 N–H and O–H groups in total. The Labute approximate surface area is 138 Å². The highest BCUT2D eigenvalue weighted by molar-refractivity contribution is 7.29.